The average Bonchev–Trinajstić information content (AvgIpc) is 2.99. The van der Waals surface area contributed by atoms with Crippen LogP contribution in [0.2, 0.25) is 0 Å². The number of amides is 2. The standard InChI is InChI=1S/C22H28BrN3O2S/c1-16(25-22(28)19-10-11-20(23)29-19)21(27)24-14-17-6-8-18(9-7-17)15-26-12-4-2-3-5-13-26/h6-11,16H,2-5,12-15H2,1H3,(H,24,27)(H,25,28). The van der Waals surface area contributed by atoms with Crippen LogP contribution in [0.3, 0.4) is 0 Å². The smallest absolute Gasteiger partial charge is 0.262 e. The Balaban J connectivity index is 1.43. The summed E-state index contributed by atoms with van der Waals surface area (Å²) in [7, 11) is 0. The van der Waals surface area contributed by atoms with E-state index in [0.717, 1.165) is 15.9 Å². The van der Waals surface area contributed by atoms with E-state index in [4.69, 9.17) is 0 Å². The predicted octanol–water partition coefficient (Wildman–Crippen LogP) is 4.32. The van der Waals surface area contributed by atoms with Crippen LogP contribution in [0.25, 0.3) is 0 Å². The fourth-order valence-electron chi connectivity index (χ4n) is 3.43. The number of nitrogens with zero attached hydrogens (tertiary/aromatic N) is 1. The van der Waals surface area contributed by atoms with Crippen LogP contribution in [0.5, 0.6) is 0 Å². The molecule has 2 amide bonds. The van der Waals surface area contributed by atoms with Crippen LogP contribution in [0.1, 0.15) is 53.4 Å². The summed E-state index contributed by atoms with van der Waals surface area (Å²) in [6.45, 7) is 5.51. The van der Waals surface area contributed by atoms with E-state index in [9.17, 15) is 9.59 Å². The molecular weight excluding hydrogens is 450 g/mol. The van der Waals surface area contributed by atoms with Crippen molar-refractivity contribution in [1.29, 1.82) is 0 Å². The van der Waals surface area contributed by atoms with E-state index in [1.165, 1.54) is 55.7 Å². The van der Waals surface area contributed by atoms with E-state index in [2.05, 4.69) is 55.7 Å². The zero-order valence-electron chi connectivity index (χ0n) is 16.7. The number of thiophene rings is 1. The van der Waals surface area contributed by atoms with Crippen molar-refractivity contribution < 1.29 is 9.59 Å². The van der Waals surface area contributed by atoms with Gasteiger partial charge in [0.15, 0.2) is 0 Å². The van der Waals surface area contributed by atoms with Crippen molar-refractivity contribution in [2.24, 2.45) is 0 Å². The number of hydrogen-bond donors (Lipinski definition) is 2. The molecule has 0 saturated carbocycles. The number of carbonyl (C=O) groups is 2. The van der Waals surface area contributed by atoms with Crippen LogP contribution in [-0.2, 0) is 17.9 Å². The van der Waals surface area contributed by atoms with Gasteiger partial charge in [-0.1, -0.05) is 37.1 Å². The van der Waals surface area contributed by atoms with Gasteiger partial charge in [-0.3, -0.25) is 14.5 Å². The lowest BCUT2D eigenvalue weighted by molar-refractivity contribution is -0.122. The van der Waals surface area contributed by atoms with Gasteiger partial charge in [0.05, 0.1) is 8.66 Å². The summed E-state index contributed by atoms with van der Waals surface area (Å²) in [6, 6.07) is 11.4. The molecule has 156 valence electrons. The third-order valence-corrected chi connectivity index (χ3v) is 6.75. The molecule has 1 fully saturated rings. The fourth-order valence-corrected chi connectivity index (χ4v) is 4.72. The summed E-state index contributed by atoms with van der Waals surface area (Å²) in [5, 5.41) is 5.64. The van der Waals surface area contributed by atoms with E-state index in [1.807, 2.05) is 6.07 Å². The number of likely N-dealkylation sites (tertiary alicyclic amines) is 1. The topological polar surface area (TPSA) is 61.4 Å². The van der Waals surface area contributed by atoms with Gasteiger partial charge in [-0.05, 0) is 72.0 Å². The Morgan fingerprint density at radius 2 is 1.69 bits per heavy atom. The molecule has 7 heteroatoms. The van der Waals surface area contributed by atoms with Crippen LogP contribution in [0.15, 0.2) is 40.2 Å². The normalized spacial score (nSPS) is 16.1. The molecule has 0 radical (unpaired) electrons. The molecule has 3 rings (SSSR count). The first-order chi connectivity index (χ1) is 14.0. The molecule has 0 spiro atoms. The lowest BCUT2D eigenvalue weighted by atomic mass is 10.1. The molecule has 2 aromatic rings. The Kier molecular flexibility index (Phi) is 8.27. The van der Waals surface area contributed by atoms with Crippen molar-refractivity contribution in [2.45, 2.75) is 51.7 Å². The highest BCUT2D eigenvalue weighted by molar-refractivity contribution is 9.11. The quantitative estimate of drug-likeness (QED) is 0.623. The number of halogens is 1. The van der Waals surface area contributed by atoms with Gasteiger partial charge >= 0.3 is 0 Å². The molecule has 0 aliphatic carbocycles. The first kappa shape index (κ1) is 22.0. The number of benzene rings is 1. The molecule has 1 aliphatic heterocycles. The monoisotopic (exact) mass is 477 g/mol. The molecule has 29 heavy (non-hydrogen) atoms. The Hall–Kier alpha value is -1.70. The minimum Gasteiger partial charge on any atom is -0.350 e. The molecule has 5 nitrogen and oxygen atoms in total. The van der Waals surface area contributed by atoms with Gasteiger partial charge in [-0.15, -0.1) is 11.3 Å². The van der Waals surface area contributed by atoms with Crippen LogP contribution in [0.4, 0.5) is 0 Å². The first-order valence-electron chi connectivity index (χ1n) is 10.2. The van der Waals surface area contributed by atoms with Gasteiger partial charge in [0.1, 0.15) is 6.04 Å². The Morgan fingerprint density at radius 3 is 2.31 bits per heavy atom. The highest BCUT2D eigenvalue weighted by Gasteiger charge is 2.17. The summed E-state index contributed by atoms with van der Waals surface area (Å²) >= 11 is 4.68. The zero-order chi connectivity index (χ0) is 20.6. The van der Waals surface area contributed by atoms with Crippen LogP contribution >= 0.6 is 27.3 Å². The summed E-state index contributed by atoms with van der Waals surface area (Å²) < 4.78 is 0.888. The lowest BCUT2D eigenvalue weighted by Crippen LogP contribution is -2.44. The number of rotatable bonds is 7. The van der Waals surface area contributed by atoms with Crippen molar-refractivity contribution in [3.8, 4) is 0 Å². The first-order valence-corrected chi connectivity index (χ1v) is 11.8. The average molecular weight is 478 g/mol. The maximum absolute atomic E-state index is 12.3. The van der Waals surface area contributed by atoms with Crippen LogP contribution in [-0.4, -0.2) is 35.8 Å². The molecule has 2 N–H and O–H groups in total. The summed E-state index contributed by atoms with van der Waals surface area (Å²) in [4.78, 5) is 27.6. The maximum atomic E-state index is 12.3. The summed E-state index contributed by atoms with van der Waals surface area (Å²) in [5.41, 5.74) is 2.36. The van der Waals surface area contributed by atoms with Crippen LogP contribution in [0, 0.1) is 0 Å². The molecular formula is C22H28BrN3O2S. The van der Waals surface area contributed by atoms with Crippen molar-refractivity contribution in [2.75, 3.05) is 13.1 Å². The third kappa shape index (κ3) is 6.94. The molecule has 1 saturated heterocycles. The summed E-state index contributed by atoms with van der Waals surface area (Å²) in [5.74, 6) is -0.427. The molecule has 1 atom stereocenters. The molecule has 2 heterocycles. The molecule has 0 bridgehead atoms. The lowest BCUT2D eigenvalue weighted by Gasteiger charge is -2.20. The van der Waals surface area contributed by atoms with Crippen LogP contribution < -0.4 is 10.6 Å². The number of nitrogens with one attached hydrogen (secondary N) is 2. The zero-order valence-corrected chi connectivity index (χ0v) is 19.2. The number of carbonyl (C=O) groups excluding carboxylic acids is 2. The second kappa shape index (κ2) is 10.9. The Labute approximate surface area is 185 Å². The largest absolute Gasteiger partial charge is 0.350 e. The van der Waals surface area contributed by atoms with E-state index in [1.54, 1.807) is 13.0 Å². The van der Waals surface area contributed by atoms with Gasteiger partial charge < -0.3 is 10.6 Å². The molecule has 1 aromatic carbocycles. The second-order valence-electron chi connectivity index (χ2n) is 7.52. The minimum atomic E-state index is -0.592. The highest BCUT2D eigenvalue weighted by atomic mass is 79.9. The minimum absolute atomic E-state index is 0.192. The van der Waals surface area contributed by atoms with E-state index in [-0.39, 0.29) is 11.8 Å². The SMILES string of the molecule is CC(NC(=O)c1ccc(Br)s1)C(=O)NCc1ccc(CN2CCCCCC2)cc1. The van der Waals surface area contributed by atoms with Crippen molar-refractivity contribution in [1.82, 2.24) is 15.5 Å². The van der Waals surface area contributed by atoms with Gasteiger partial charge in [0.2, 0.25) is 5.91 Å². The van der Waals surface area contributed by atoms with Crippen molar-refractivity contribution in [3.05, 3.63) is 56.2 Å². The molecule has 1 aromatic heterocycles. The van der Waals surface area contributed by atoms with E-state index in [0.29, 0.717) is 11.4 Å². The van der Waals surface area contributed by atoms with E-state index < -0.39 is 6.04 Å². The van der Waals surface area contributed by atoms with E-state index >= 15 is 0 Å². The Bertz CT molecular complexity index is 814. The third-order valence-electron chi connectivity index (χ3n) is 5.13. The molecule has 1 aliphatic rings. The van der Waals surface area contributed by atoms with Gasteiger partial charge in [0.25, 0.3) is 5.91 Å². The fraction of sp³-hybridized carbons (Fsp3) is 0.455. The predicted molar refractivity (Wildman–Crippen MR) is 121 cm³/mol. The number of hydrogen-bond acceptors (Lipinski definition) is 4. The van der Waals surface area contributed by atoms with Gasteiger partial charge in [-0.25, -0.2) is 0 Å². The second-order valence-corrected chi connectivity index (χ2v) is 9.99. The van der Waals surface area contributed by atoms with Gasteiger partial charge in [0, 0.05) is 13.1 Å². The van der Waals surface area contributed by atoms with Crippen molar-refractivity contribution in [3.63, 3.8) is 0 Å². The Morgan fingerprint density at radius 1 is 1.03 bits per heavy atom. The molecule has 1 unspecified atom stereocenters. The van der Waals surface area contributed by atoms with Crippen molar-refractivity contribution >= 4 is 39.1 Å². The maximum Gasteiger partial charge on any atom is 0.262 e. The summed E-state index contributed by atoms with van der Waals surface area (Å²) in [6.07, 6.45) is 5.28. The van der Waals surface area contributed by atoms with Gasteiger partial charge in [-0.2, -0.15) is 0 Å². The highest BCUT2D eigenvalue weighted by Crippen LogP contribution is 2.22.